The lowest BCUT2D eigenvalue weighted by Gasteiger charge is -2.56. The fourth-order valence-corrected chi connectivity index (χ4v) is 3.68. The van der Waals surface area contributed by atoms with Gasteiger partial charge in [-0.1, -0.05) is 20.8 Å². The predicted molar refractivity (Wildman–Crippen MR) is 77.6 cm³/mol. The van der Waals surface area contributed by atoms with E-state index in [-0.39, 0.29) is 11.5 Å². The van der Waals surface area contributed by atoms with Crippen LogP contribution in [0, 0.1) is 18.3 Å². The average Bonchev–Trinajstić information content (AvgIpc) is 2.79. The summed E-state index contributed by atoms with van der Waals surface area (Å²) in [4.78, 5) is 8.57. The first-order valence-corrected chi connectivity index (χ1v) is 6.91. The highest BCUT2D eigenvalue weighted by Gasteiger charge is 2.54. The maximum atomic E-state index is 5.59. The van der Waals surface area contributed by atoms with E-state index in [1.165, 1.54) is 0 Å². The minimum atomic E-state index is 0.0725. The third-order valence-electron chi connectivity index (χ3n) is 4.62. The molecule has 108 valence electrons. The van der Waals surface area contributed by atoms with Crippen LogP contribution in [0.15, 0.2) is 6.33 Å². The van der Waals surface area contributed by atoms with Crippen molar-refractivity contribution in [3.05, 3.63) is 12.0 Å². The summed E-state index contributed by atoms with van der Waals surface area (Å²) < 4.78 is 5.59. The highest BCUT2D eigenvalue weighted by Crippen LogP contribution is 2.48. The lowest BCUT2D eigenvalue weighted by atomic mass is 9.58. The number of anilines is 1. The second kappa shape index (κ2) is 4.41. The Morgan fingerprint density at radius 1 is 1.35 bits per heavy atom. The van der Waals surface area contributed by atoms with Crippen molar-refractivity contribution in [2.24, 2.45) is 11.3 Å². The van der Waals surface area contributed by atoms with Crippen molar-refractivity contribution in [1.82, 2.24) is 20.2 Å². The van der Waals surface area contributed by atoms with Gasteiger partial charge < -0.3 is 10.1 Å². The van der Waals surface area contributed by atoms with Crippen LogP contribution in [-0.2, 0) is 4.74 Å². The van der Waals surface area contributed by atoms with Gasteiger partial charge in [-0.05, 0) is 6.92 Å². The number of rotatable bonds is 3. The predicted octanol–water partition coefficient (Wildman–Crippen LogP) is 2.13. The Morgan fingerprint density at radius 3 is 2.75 bits per heavy atom. The van der Waals surface area contributed by atoms with Crippen LogP contribution in [0.25, 0.3) is 11.0 Å². The number of fused-ring (bicyclic) bond motifs is 1. The Labute approximate surface area is 118 Å². The van der Waals surface area contributed by atoms with Gasteiger partial charge in [-0.2, -0.15) is 5.10 Å². The van der Waals surface area contributed by atoms with Crippen LogP contribution >= 0.6 is 0 Å². The Bertz CT molecular complexity index is 636. The van der Waals surface area contributed by atoms with E-state index in [2.05, 4.69) is 46.3 Å². The van der Waals surface area contributed by atoms with Crippen molar-refractivity contribution in [3.8, 4) is 0 Å². The fourth-order valence-electron chi connectivity index (χ4n) is 3.68. The smallest absolute Gasteiger partial charge is 0.186 e. The molecule has 2 aromatic rings. The number of ether oxygens (including phenoxy) is 1. The SMILES string of the molecule is COC1C(C)C(Nc2ncnc3n[nH]c(C)c23)C1(C)C. The van der Waals surface area contributed by atoms with E-state index in [9.17, 15) is 0 Å². The molecule has 1 aliphatic carbocycles. The fraction of sp³-hybridized carbons (Fsp3) is 0.643. The van der Waals surface area contributed by atoms with Crippen molar-refractivity contribution >= 4 is 16.9 Å². The zero-order valence-electron chi connectivity index (χ0n) is 12.6. The Morgan fingerprint density at radius 2 is 2.10 bits per heavy atom. The van der Waals surface area contributed by atoms with Crippen LogP contribution < -0.4 is 5.32 Å². The molecule has 1 aliphatic rings. The van der Waals surface area contributed by atoms with E-state index in [0.29, 0.717) is 17.6 Å². The van der Waals surface area contributed by atoms with Gasteiger partial charge in [0, 0.05) is 30.2 Å². The number of H-pyrrole nitrogens is 1. The molecule has 2 N–H and O–H groups in total. The van der Waals surface area contributed by atoms with Crippen LogP contribution in [0.5, 0.6) is 0 Å². The molecule has 0 spiro atoms. The van der Waals surface area contributed by atoms with Crippen LogP contribution in [-0.4, -0.2) is 39.4 Å². The van der Waals surface area contributed by atoms with Crippen LogP contribution in [0.1, 0.15) is 26.5 Å². The van der Waals surface area contributed by atoms with E-state index in [1.54, 1.807) is 13.4 Å². The van der Waals surface area contributed by atoms with E-state index >= 15 is 0 Å². The summed E-state index contributed by atoms with van der Waals surface area (Å²) in [5.74, 6) is 1.29. The second-order valence-electron chi connectivity index (χ2n) is 6.23. The number of hydrogen-bond acceptors (Lipinski definition) is 5. The maximum absolute atomic E-state index is 5.59. The minimum Gasteiger partial charge on any atom is -0.380 e. The Hall–Kier alpha value is -1.69. The molecule has 0 aromatic carbocycles. The summed E-state index contributed by atoms with van der Waals surface area (Å²) in [5, 5.41) is 11.7. The van der Waals surface area contributed by atoms with Crippen molar-refractivity contribution in [2.45, 2.75) is 39.8 Å². The molecule has 1 fully saturated rings. The normalized spacial score (nSPS) is 28.4. The minimum absolute atomic E-state index is 0.0725. The van der Waals surface area contributed by atoms with Crippen molar-refractivity contribution in [3.63, 3.8) is 0 Å². The number of aryl methyl sites for hydroxylation is 1. The first-order valence-electron chi connectivity index (χ1n) is 6.91. The number of aromatic amines is 1. The monoisotopic (exact) mass is 275 g/mol. The van der Waals surface area contributed by atoms with Crippen LogP contribution in [0.3, 0.4) is 0 Å². The lowest BCUT2D eigenvalue weighted by Crippen LogP contribution is -2.64. The van der Waals surface area contributed by atoms with Crippen molar-refractivity contribution < 1.29 is 4.74 Å². The van der Waals surface area contributed by atoms with Gasteiger partial charge in [0.15, 0.2) is 5.65 Å². The third-order valence-corrected chi connectivity index (χ3v) is 4.62. The number of hydrogen-bond donors (Lipinski definition) is 2. The highest BCUT2D eigenvalue weighted by molar-refractivity contribution is 5.88. The van der Waals surface area contributed by atoms with E-state index in [1.807, 2.05) is 6.92 Å². The van der Waals surface area contributed by atoms with Crippen LogP contribution in [0.4, 0.5) is 5.82 Å². The second-order valence-corrected chi connectivity index (χ2v) is 6.23. The van der Waals surface area contributed by atoms with E-state index in [4.69, 9.17) is 4.74 Å². The summed E-state index contributed by atoms with van der Waals surface area (Å²) in [6.45, 7) is 8.63. The van der Waals surface area contributed by atoms with Gasteiger partial charge in [0.1, 0.15) is 12.1 Å². The summed E-state index contributed by atoms with van der Waals surface area (Å²) in [7, 11) is 1.78. The number of methoxy groups -OCH3 is 1. The standard InChI is InChI=1S/C14H21N5O/c1-7-10(14(3,4)11(7)20-5)17-12-9-8(2)18-19-13(9)16-6-15-12/h6-7,10-11H,1-5H3,(H2,15,16,17,18,19). The van der Waals surface area contributed by atoms with Crippen molar-refractivity contribution in [1.29, 1.82) is 0 Å². The number of nitrogens with zero attached hydrogens (tertiary/aromatic N) is 3. The molecule has 0 saturated heterocycles. The molecule has 2 aromatic heterocycles. The number of aromatic nitrogens is 4. The molecule has 20 heavy (non-hydrogen) atoms. The van der Waals surface area contributed by atoms with Crippen LogP contribution in [0.2, 0.25) is 0 Å². The largest absolute Gasteiger partial charge is 0.380 e. The van der Waals surface area contributed by atoms with Gasteiger partial charge >= 0.3 is 0 Å². The molecule has 6 nitrogen and oxygen atoms in total. The molecule has 0 radical (unpaired) electrons. The lowest BCUT2D eigenvalue weighted by molar-refractivity contribution is -0.126. The molecular formula is C14H21N5O. The number of nitrogens with one attached hydrogen (secondary N) is 2. The van der Waals surface area contributed by atoms with Gasteiger partial charge in [-0.3, -0.25) is 5.10 Å². The first-order chi connectivity index (χ1) is 9.46. The Kier molecular flexibility index (Phi) is 2.93. The molecule has 6 heteroatoms. The average molecular weight is 275 g/mol. The topological polar surface area (TPSA) is 75.7 Å². The molecule has 0 aliphatic heterocycles. The molecular weight excluding hydrogens is 254 g/mol. The molecule has 1 saturated carbocycles. The molecule has 0 bridgehead atoms. The van der Waals surface area contributed by atoms with Gasteiger partial charge in [-0.25, -0.2) is 9.97 Å². The molecule has 0 amide bonds. The quantitative estimate of drug-likeness (QED) is 0.897. The molecule has 3 atom stereocenters. The van der Waals surface area contributed by atoms with Crippen molar-refractivity contribution in [2.75, 3.05) is 12.4 Å². The third kappa shape index (κ3) is 1.71. The summed E-state index contributed by atoms with van der Waals surface area (Å²) in [6, 6.07) is 0.319. The zero-order chi connectivity index (χ0) is 14.5. The van der Waals surface area contributed by atoms with Gasteiger partial charge in [-0.15, -0.1) is 0 Å². The van der Waals surface area contributed by atoms with Gasteiger partial charge in [0.05, 0.1) is 11.5 Å². The van der Waals surface area contributed by atoms with Gasteiger partial charge in [0.2, 0.25) is 0 Å². The summed E-state index contributed by atoms with van der Waals surface area (Å²) >= 11 is 0. The highest BCUT2D eigenvalue weighted by atomic mass is 16.5. The molecule has 2 heterocycles. The first kappa shape index (κ1) is 13.3. The molecule has 3 unspecified atom stereocenters. The summed E-state index contributed by atoms with van der Waals surface area (Å²) in [5.41, 5.74) is 1.76. The Balaban J connectivity index is 1.93. The molecule has 3 rings (SSSR count). The van der Waals surface area contributed by atoms with Gasteiger partial charge in [0.25, 0.3) is 0 Å². The zero-order valence-corrected chi connectivity index (χ0v) is 12.6. The maximum Gasteiger partial charge on any atom is 0.186 e. The van der Waals surface area contributed by atoms with E-state index in [0.717, 1.165) is 16.9 Å². The summed E-state index contributed by atoms with van der Waals surface area (Å²) in [6.07, 6.45) is 1.82. The van der Waals surface area contributed by atoms with E-state index < -0.39 is 0 Å².